The third-order valence-corrected chi connectivity index (χ3v) is 7.84. The topological polar surface area (TPSA) is 96.0 Å². The van der Waals surface area contributed by atoms with Crippen LogP contribution in [0.1, 0.15) is 53.7 Å². The lowest BCUT2D eigenvalue weighted by Crippen LogP contribution is -2.38. The van der Waals surface area contributed by atoms with Crippen LogP contribution < -0.4 is 10.6 Å². The van der Waals surface area contributed by atoms with Gasteiger partial charge in [0.15, 0.2) is 6.29 Å². The summed E-state index contributed by atoms with van der Waals surface area (Å²) in [6.07, 6.45) is 2.77. The van der Waals surface area contributed by atoms with Gasteiger partial charge < -0.3 is 30.1 Å². The molecule has 1 aliphatic rings. The zero-order valence-corrected chi connectivity index (χ0v) is 25.5. The number of ether oxygens (including phenoxy) is 2. The van der Waals surface area contributed by atoms with Crippen LogP contribution in [-0.4, -0.2) is 53.8 Å². The van der Waals surface area contributed by atoms with Crippen LogP contribution in [0.4, 0.5) is 4.79 Å². The molecule has 0 unspecified atom stereocenters. The summed E-state index contributed by atoms with van der Waals surface area (Å²) in [5.41, 5.74) is 7.17. The van der Waals surface area contributed by atoms with E-state index in [2.05, 4.69) is 70.0 Å². The van der Waals surface area contributed by atoms with Gasteiger partial charge in [0, 0.05) is 56.5 Å². The summed E-state index contributed by atoms with van der Waals surface area (Å²) < 4.78 is 13.1. The van der Waals surface area contributed by atoms with E-state index in [1.54, 1.807) is 0 Å². The minimum absolute atomic E-state index is 0.0151. The molecule has 230 valence electrons. The number of carbonyl (C=O) groups excluding carboxylic acids is 1. The van der Waals surface area contributed by atoms with Crippen LogP contribution in [-0.2, 0) is 29.0 Å². The van der Waals surface area contributed by atoms with Crippen LogP contribution in [0.2, 0.25) is 0 Å². The molecule has 0 bridgehead atoms. The number of benzene rings is 3. The summed E-state index contributed by atoms with van der Waals surface area (Å²) in [5, 5.41) is 15.2. The van der Waals surface area contributed by atoms with E-state index in [0.717, 1.165) is 65.0 Å². The Morgan fingerprint density at radius 3 is 2.43 bits per heavy atom. The first kappa shape index (κ1) is 31.3. The number of likely N-dealkylation sites (N-methyl/N-ethyl adjacent to an activating group) is 1. The molecular weight excluding hydrogens is 552 g/mol. The standard InChI is InChI=1S/C36H42N4O4/c1-3-37-36(42)39-23-27-7-6-8-31(21-27)28-14-16-30(17-15-28)35-43-33(24-40(2)20-18-32-9-4-5-19-38-32)22-34(44-35)29-12-10-26(25-41)11-13-29/h4-17,19,21,33-35,41H,3,18,20,22-25H2,1-2H3,(H2,37,39,42)/t33-,34+,35+/m1/s1. The van der Waals surface area contributed by atoms with Crippen molar-refractivity contribution in [3.05, 3.63) is 125 Å². The van der Waals surface area contributed by atoms with Gasteiger partial charge in [0.25, 0.3) is 0 Å². The van der Waals surface area contributed by atoms with Crippen LogP contribution in [0.15, 0.2) is 97.2 Å². The SMILES string of the molecule is CCNC(=O)NCc1cccc(-c2ccc([C@H]3O[C@@H](CN(C)CCc4ccccn4)C[C@@H](c4ccc(CO)cc4)O3)cc2)c1. The van der Waals surface area contributed by atoms with Crippen molar-refractivity contribution in [2.45, 2.75) is 51.4 Å². The molecule has 5 rings (SSSR count). The minimum atomic E-state index is -0.512. The van der Waals surface area contributed by atoms with Gasteiger partial charge in [0.05, 0.1) is 18.8 Å². The maximum Gasteiger partial charge on any atom is 0.315 e. The van der Waals surface area contributed by atoms with Gasteiger partial charge in [0.1, 0.15) is 0 Å². The van der Waals surface area contributed by atoms with Crippen LogP contribution in [0.25, 0.3) is 11.1 Å². The molecule has 8 heteroatoms. The van der Waals surface area contributed by atoms with E-state index in [1.807, 2.05) is 61.7 Å². The molecule has 3 aromatic carbocycles. The second-order valence-corrected chi connectivity index (χ2v) is 11.2. The van der Waals surface area contributed by atoms with Gasteiger partial charge in [-0.15, -0.1) is 0 Å². The van der Waals surface area contributed by atoms with Crippen molar-refractivity contribution in [3.63, 3.8) is 0 Å². The summed E-state index contributed by atoms with van der Waals surface area (Å²) in [4.78, 5) is 18.6. The molecular formula is C36H42N4O4. The van der Waals surface area contributed by atoms with Crippen LogP contribution in [0.3, 0.4) is 0 Å². The van der Waals surface area contributed by atoms with E-state index >= 15 is 0 Å². The summed E-state index contributed by atoms with van der Waals surface area (Å²) in [6, 6.07) is 30.3. The zero-order valence-electron chi connectivity index (χ0n) is 25.5. The van der Waals surface area contributed by atoms with Crippen molar-refractivity contribution < 1.29 is 19.4 Å². The first-order chi connectivity index (χ1) is 21.5. The molecule has 2 heterocycles. The average molecular weight is 595 g/mol. The molecule has 8 nitrogen and oxygen atoms in total. The monoisotopic (exact) mass is 594 g/mol. The Balaban J connectivity index is 1.28. The molecule has 0 aliphatic carbocycles. The van der Waals surface area contributed by atoms with Crippen molar-refractivity contribution in [1.29, 1.82) is 0 Å². The molecule has 0 saturated carbocycles. The maximum atomic E-state index is 11.8. The van der Waals surface area contributed by atoms with E-state index < -0.39 is 6.29 Å². The van der Waals surface area contributed by atoms with E-state index in [9.17, 15) is 9.90 Å². The Labute approximate surface area is 260 Å². The fourth-order valence-corrected chi connectivity index (χ4v) is 5.42. The molecule has 1 saturated heterocycles. The number of rotatable bonds is 12. The number of carbonyl (C=O) groups is 1. The molecule has 4 aromatic rings. The number of nitrogens with one attached hydrogen (secondary N) is 2. The van der Waals surface area contributed by atoms with Gasteiger partial charge in [-0.05, 0) is 60.0 Å². The highest BCUT2D eigenvalue weighted by Gasteiger charge is 2.32. The number of aliphatic hydroxyl groups excluding tert-OH is 1. The van der Waals surface area contributed by atoms with Gasteiger partial charge in [-0.3, -0.25) is 4.98 Å². The van der Waals surface area contributed by atoms with Crippen LogP contribution in [0, 0.1) is 0 Å². The van der Waals surface area contributed by atoms with Gasteiger partial charge in [-0.2, -0.15) is 0 Å². The molecule has 2 amide bonds. The summed E-state index contributed by atoms with van der Waals surface area (Å²) in [5.74, 6) is 0. The van der Waals surface area contributed by atoms with Gasteiger partial charge >= 0.3 is 6.03 Å². The smallest absolute Gasteiger partial charge is 0.315 e. The molecule has 0 radical (unpaired) electrons. The Morgan fingerprint density at radius 2 is 1.70 bits per heavy atom. The fourth-order valence-electron chi connectivity index (χ4n) is 5.42. The zero-order chi connectivity index (χ0) is 30.7. The van der Waals surface area contributed by atoms with E-state index in [0.29, 0.717) is 13.1 Å². The highest BCUT2D eigenvalue weighted by Crippen LogP contribution is 2.38. The lowest BCUT2D eigenvalue weighted by atomic mass is 9.99. The van der Waals surface area contributed by atoms with Crippen molar-refractivity contribution in [1.82, 2.24) is 20.5 Å². The second kappa shape index (κ2) is 15.6. The average Bonchev–Trinajstić information content (AvgIpc) is 3.07. The van der Waals surface area contributed by atoms with Gasteiger partial charge in [-0.25, -0.2) is 4.79 Å². The van der Waals surface area contributed by atoms with E-state index in [4.69, 9.17) is 9.47 Å². The Kier molecular flexibility index (Phi) is 11.1. The number of nitrogens with zero attached hydrogens (tertiary/aromatic N) is 2. The third-order valence-electron chi connectivity index (χ3n) is 7.84. The second-order valence-electron chi connectivity index (χ2n) is 11.2. The van der Waals surface area contributed by atoms with E-state index in [-0.39, 0.29) is 24.8 Å². The number of amides is 2. The number of urea groups is 1. The quantitative estimate of drug-likeness (QED) is 0.193. The normalized spacial score (nSPS) is 18.2. The van der Waals surface area contributed by atoms with Crippen LogP contribution >= 0.6 is 0 Å². The number of aliphatic hydroxyl groups is 1. The lowest BCUT2D eigenvalue weighted by molar-refractivity contribution is -0.252. The van der Waals surface area contributed by atoms with Crippen molar-refractivity contribution >= 4 is 6.03 Å². The number of aromatic nitrogens is 1. The molecule has 1 aliphatic heterocycles. The first-order valence-electron chi connectivity index (χ1n) is 15.3. The highest BCUT2D eigenvalue weighted by molar-refractivity contribution is 5.73. The first-order valence-corrected chi connectivity index (χ1v) is 15.3. The lowest BCUT2D eigenvalue weighted by Gasteiger charge is -2.38. The number of pyridine rings is 1. The number of hydrogen-bond donors (Lipinski definition) is 3. The Hall–Kier alpha value is -4.08. The van der Waals surface area contributed by atoms with E-state index in [1.165, 1.54) is 0 Å². The largest absolute Gasteiger partial charge is 0.392 e. The van der Waals surface area contributed by atoms with Crippen molar-refractivity contribution in [2.75, 3.05) is 26.7 Å². The fraction of sp³-hybridized carbons (Fsp3) is 0.333. The third kappa shape index (κ3) is 8.74. The van der Waals surface area contributed by atoms with Crippen LogP contribution in [0.5, 0.6) is 0 Å². The predicted molar refractivity (Wildman–Crippen MR) is 172 cm³/mol. The Bertz CT molecular complexity index is 1460. The molecule has 3 atom stereocenters. The van der Waals surface area contributed by atoms with Crippen molar-refractivity contribution in [2.24, 2.45) is 0 Å². The molecule has 1 aromatic heterocycles. The summed E-state index contributed by atoms with van der Waals surface area (Å²) in [7, 11) is 2.12. The molecule has 1 fully saturated rings. The maximum absolute atomic E-state index is 11.8. The molecule has 3 N–H and O–H groups in total. The van der Waals surface area contributed by atoms with Gasteiger partial charge in [0.2, 0.25) is 0 Å². The predicted octanol–water partition coefficient (Wildman–Crippen LogP) is 5.78. The summed E-state index contributed by atoms with van der Waals surface area (Å²) >= 11 is 0. The number of hydrogen-bond acceptors (Lipinski definition) is 6. The highest BCUT2D eigenvalue weighted by atomic mass is 16.7. The molecule has 0 spiro atoms. The molecule has 44 heavy (non-hydrogen) atoms. The van der Waals surface area contributed by atoms with Crippen molar-refractivity contribution in [3.8, 4) is 11.1 Å². The van der Waals surface area contributed by atoms with Gasteiger partial charge in [-0.1, -0.05) is 72.8 Å². The minimum Gasteiger partial charge on any atom is -0.392 e. The summed E-state index contributed by atoms with van der Waals surface area (Å²) in [6.45, 7) is 4.61. The Morgan fingerprint density at radius 1 is 0.909 bits per heavy atom.